The summed E-state index contributed by atoms with van der Waals surface area (Å²) in [7, 11) is 3.41. The third-order valence-electron chi connectivity index (χ3n) is 4.78. The highest BCUT2D eigenvalue weighted by Gasteiger charge is 2.25. The molecule has 2 heterocycles. The Balaban J connectivity index is 1.77. The summed E-state index contributed by atoms with van der Waals surface area (Å²) in [6, 6.07) is 4.98. The van der Waals surface area contributed by atoms with Crippen molar-refractivity contribution in [3.63, 3.8) is 0 Å². The summed E-state index contributed by atoms with van der Waals surface area (Å²) in [5.74, 6) is 1.69. The zero-order valence-corrected chi connectivity index (χ0v) is 13.2. The SMILES string of the molecule is COc1cc2c(cc1OC)CN(C1CCCCNC1)CC2. The van der Waals surface area contributed by atoms with Gasteiger partial charge in [0.15, 0.2) is 11.5 Å². The summed E-state index contributed by atoms with van der Waals surface area (Å²) < 4.78 is 10.9. The molecule has 1 unspecified atom stereocenters. The Hall–Kier alpha value is -1.26. The van der Waals surface area contributed by atoms with Gasteiger partial charge in [0.05, 0.1) is 14.2 Å². The molecular formula is C17H26N2O2. The molecule has 1 aromatic carbocycles. The molecule has 4 nitrogen and oxygen atoms in total. The van der Waals surface area contributed by atoms with Crippen LogP contribution in [0.3, 0.4) is 0 Å². The Bertz CT molecular complexity index is 482. The Morgan fingerprint density at radius 1 is 1.10 bits per heavy atom. The maximum Gasteiger partial charge on any atom is 0.161 e. The van der Waals surface area contributed by atoms with Gasteiger partial charge < -0.3 is 14.8 Å². The average Bonchev–Trinajstić information content (AvgIpc) is 2.82. The molecule has 1 N–H and O–H groups in total. The van der Waals surface area contributed by atoms with Crippen LogP contribution in [0, 0.1) is 0 Å². The van der Waals surface area contributed by atoms with Crippen LogP contribution in [-0.4, -0.2) is 44.8 Å². The van der Waals surface area contributed by atoms with Gasteiger partial charge >= 0.3 is 0 Å². The first-order chi connectivity index (χ1) is 10.3. The minimum absolute atomic E-state index is 0.675. The third kappa shape index (κ3) is 3.16. The van der Waals surface area contributed by atoms with Crippen LogP contribution in [0.5, 0.6) is 11.5 Å². The van der Waals surface area contributed by atoms with E-state index >= 15 is 0 Å². The number of hydrogen-bond acceptors (Lipinski definition) is 4. The molecule has 0 aromatic heterocycles. The van der Waals surface area contributed by atoms with Crippen LogP contribution in [0.1, 0.15) is 30.4 Å². The maximum absolute atomic E-state index is 5.45. The first kappa shape index (κ1) is 14.7. The van der Waals surface area contributed by atoms with Crippen LogP contribution in [0.15, 0.2) is 12.1 Å². The van der Waals surface area contributed by atoms with E-state index in [1.165, 1.54) is 36.9 Å². The van der Waals surface area contributed by atoms with Crippen molar-refractivity contribution >= 4 is 0 Å². The zero-order chi connectivity index (χ0) is 14.7. The van der Waals surface area contributed by atoms with Crippen LogP contribution >= 0.6 is 0 Å². The van der Waals surface area contributed by atoms with Gasteiger partial charge in [0.1, 0.15) is 0 Å². The van der Waals surface area contributed by atoms with E-state index in [2.05, 4.69) is 22.3 Å². The van der Waals surface area contributed by atoms with E-state index in [0.717, 1.165) is 37.6 Å². The van der Waals surface area contributed by atoms with Gasteiger partial charge in [-0.15, -0.1) is 0 Å². The first-order valence-corrected chi connectivity index (χ1v) is 8.00. The van der Waals surface area contributed by atoms with Crippen molar-refractivity contribution in [3.8, 4) is 11.5 Å². The molecule has 0 bridgehead atoms. The van der Waals surface area contributed by atoms with Crippen molar-refractivity contribution in [1.82, 2.24) is 10.2 Å². The maximum atomic E-state index is 5.45. The number of fused-ring (bicyclic) bond motifs is 1. The lowest BCUT2D eigenvalue weighted by molar-refractivity contribution is 0.170. The summed E-state index contributed by atoms with van der Waals surface area (Å²) >= 11 is 0. The van der Waals surface area contributed by atoms with Crippen molar-refractivity contribution in [2.24, 2.45) is 0 Å². The topological polar surface area (TPSA) is 33.7 Å². The van der Waals surface area contributed by atoms with E-state index in [-0.39, 0.29) is 0 Å². The predicted molar refractivity (Wildman–Crippen MR) is 84.2 cm³/mol. The zero-order valence-electron chi connectivity index (χ0n) is 13.2. The molecule has 1 aromatic rings. The molecule has 21 heavy (non-hydrogen) atoms. The minimum Gasteiger partial charge on any atom is -0.493 e. The number of rotatable bonds is 3. The summed E-state index contributed by atoms with van der Waals surface area (Å²) in [5, 5.41) is 3.57. The lowest BCUT2D eigenvalue weighted by Gasteiger charge is -2.35. The second kappa shape index (κ2) is 6.67. The number of methoxy groups -OCH3 is 2. The Morgan fingerprint density at radius 2 is 1.86 bits per heavy atom. The Labute approximate surface area is 127 Å². The van der Waals surface area contributed by atoms with Crippen LogP contribution in [-0.2, 0) is 13.0 Å². The molecule has 1 fully saturated rings. The smallest absolute Gasteiger partial charge is 0.161 e. The van der Waals surface area contributed by atoms with E-state index < -0.39 is 0 Å². The molecular weight excluding hydrogens is 264 g/mol. The highest BCUT2D eigenvalue weighted by atomic mass is 16.5. The van der Waals surface area contributed by atoms with Crippen molar-refractivity contribution in [1.29, 1.82) is 0 Å². The van der Waals surface area contributed by atoms with Crippen molar-refractivity contribution < 1.29 is 9.47 Å². The second-order valence-corrected chi connectivity index (χ2v) is 6.05. The molecule has 0 radical (unpaired) electrons. The standard InChI is InChI=1S/C17H26N2O2/c1-20-16-9-13-6-8-19(12-14(13)10-17(16)21-2)15-5-3-4-7-18-11-15/h9-10,15,18H,3-8,11-12H2,1-2H3. The summed E-state index contributed by atoms with van der Waals surface area (Å²) in [5.41, 5.74) is 2.80. The Kier molecular flexibility index (Phi) is 4.66. The number of nitrogens with one attached hydrogen (secondary N) is 1. The summed E-state index contributed by atoms with van der Waals surface area (Å²) in [6.45, 7) is 4.48. The highest BCUT2D eigenvalue weighted by molar-refractivity contribution is 5.48. The normalized spacial score (nSPS) is 23.2. The number of hydrogen-bond donors (Lipinski definition) is 1. The fourth-order valence-electron chi connectivity index (χ4n) is 3.53. The van der Waals surface area contributed by atoms with Gasteiger partial charge in [0.2, 0.25) is 0 Å². The average molecular weight is 290 g/mol. The lowest BCUT2D eigenvalue weighted by atomic mass is 9.96. The summed E-state index contributed by atoms with van der Waals surface area (Å²) in [4.78, 5) is 2.63. The minimum atomic E-state index is 0.675. The second-order valence-electron chi connectivity index (χ2n) is 6.05. The molecule has 2 aliphatic rings. The largest absolute Gasteiger partial charge is 0.493 e. The number of nitrogens with zero attached hydrogens (tertiary/aromatic N) is 1. The first-order valence-electron chi connectivity index (χ1n) is 8.00. The monoisotopic (exact) mass is 290 g/mol. The lowest BCUT2D eigenvalue weighted by Crippen LogP contribution is -2.43. The van der Waals surface area contributed by atoms with Gasteiger partial charge in [-0.3, -0.25) is 4.90 Å². The van der Waals surface area contributed by atoms with E-state index in [1.54, 1.807) is 14.2 Å². The van der Waals surface area contributed by atoms with Gasteiger partial charge in [-0.1, -0.05) is 6.42 Å². The predicted octanol–water partition coefficient (Wildman–Crippen LogP) is 2.20. The van der Waals surface area contributed by atoms with Crippen LogP contribution in [0.2, 0.25) is 0 Å². The van der Waals surface area contributed by atoms with Gasteiger partial charge in [0.25, 0.3) is 0 Å². The van der Waals surface area contributed by atoms with Crippen molar-refractivity contribution in [2.75, 3.05) is 33.9 Å². The fraction of sp³-hybridized carbons (Fsp3) is 0.647. The quantitative estimate of drug-likeness (QED) is 0.925. The van der Waals surface area contributed by atoms with Gasteiger partial charge in [0, 0.05) is 25.7 Å². The fourth-order valence-corrected chi connectivity index (χ4v) is 3.53. The van der Waals surface area contributed by atoms with E-state index in [9.17, 15) is 0 Å². The molecule has 0 spiro atoms. The van der Waals surface area contributed by atoms with E-state index in [0.29, 0.717) is 6.04 Å². The van der Waals surface area contributed by atoms with Crippen molar-refractivity contribution in [3.05, 3.63) is 23.3 Å². The van der Waals surface area contributed by atoms with Crippen LogP contribution < -0.4 is 14.8 Å². The van der Waals surface area contributed by atoms with Gasteiger partial charge in [-0.05, 0) is 49.1 Å². The Morgan fingerprint density at radius 3 is 2.62 bits per heavy atom. The molecule has 2 aliphatic heterocycles. The molecule has 0 amide bonds. The number of ether oxygens (including phenoxy) is 2. The van der Waals surface area contributed by atoms with Crippen molar-refractivity contribution in [2.45, 2.75) is 38.3 Å². The highest BCUT2D eigenvalue weighted by Crippen LogP contribution is 2.34. The summed E-state index contributed by atoms with van der Waals surface area (Å²) in [6.07, 6.45) is 5.07. The molecule has 1 atom stereocenters. The van der Waals surface area contributed by atoms with E-state index in [1.807, 2.05) is 0 Å². The molecule has 1 saturated heterocycles. The number of benzene rings is 1. The third-order valence-corrected chi connectivity index (χ3v) is 4.78. The van der Waals surface area contributed by atoms with Crippen LogP contribution in [0.4, 0.5) is 0 Å². The van der Waals surface area contributed by atoms with Gasteiger partial charge in [-0.2, -0.15) is 0 Å². The van der Waals surface area contributed by atoms with E-state index in [4.69, 9.17) is 9.47 Å². The van der Waals surface area contributed by atoms with Crippen LogP contribution in [0.25, 0.3) is 0 Å². The molecule has 4 heteroatoms. The molecule has 0 aliphatic carbocycles. The molecule has 0 saturated carbocycles. The van der Waals surface area contributed by atoms with Gasteiger partial charge in [-0.25, -0.2) is 0 Å². The molecule has 3 rings (SSSR count). The molecule has 116 valence electrons.